The van der Waals surface area contributed by atoms with Crippen molar-refractivity contribution < 1.29 is 14.6 Å². The molecule has 0 spiro atoms. The molecule has 1 atom stereocenters. The fraction of sp³-hybridized carbons (Fsp3) is 0.375. The third-order valence-corrected chi connectivity index (χ3v) is 7.22. The first-order chi connectivity index (χ1) is 15.0. The Morgan fingerprint density at radius 2 is 1.97 bits per heavy atom. The van der Waals surface area contributed by atoms with Crippen LogP contribution in [0.25, 0.3) is 22.3 Å². The molecule has 1 aliphatic carbocycles. The van der Waals surface area contributed by atoms with Crippen LogP contribution >= 0.6 is 0 Å². The van der Waals surface area contributed by atoms with E-state index in [1.165, 1.54) is 11.1 Å². The molecule has 158 valence electrons. The molecule has 31 heavy (non-hydrogen) atoms. The number of aromatic nitrogens is 2. The molecule has 3 aliphatic rings. The fourth-order valence-corrected chi connectivity index (χ4v) is 5.46. The SMILES string of the molecule is CC[C@@]1(O)C(=O)OCc2c1cc1n(c2=O)Cc2c-1nc1cc3c(cc1c2CN)CCC3. The van der Waals surface area contributed by atoms with E-state index >= 15 is 0 Å². The molecule has 0 bridgehead atoms. The maximum atomic E-state index is 13.3. The first-order valence-electron chi connectivity index (χ1n) is 10.8. The van der Waals surface area contributed by atoms with Crippen molar-refractivity contribution in [2.45, 2.75) is 57.9 Å². The maximum absolute atomic E-state index is 13.3. The molecule has 6 rings (SSSR count). The molecular weight excluding hydrogens is 394 g/mol. The van der Waals surface area contributed by atoms with Crippen molar-refractivity contribution in [1.29, 1.82) is 0 Å². The van der Waals surface area contributed by atoms with Gasteiger partial charge in [0.1, 0.15) is 6.61 Å². The van der Waals surface area contributed by atoms with E-state index in [1.807, 2.05) is 0 Å². The number of carbonyl (C=O) groups is 1. The number of pyridine rings is 2. The average molecular weight is 417 g/mol. The van der Waals surface area contributed by atoms with Gasteiger partial charge in [0.15, 0.2) is 5.60 Å². The molecule has 0 saturated carbocycles. The predicted octanol–water partition coefficient (Wildman–Crippen LogP) is 2.03. The van der Waals surface area contributed by atoms with Gasteiger partial charge >= 0.3 is 5.97 Å². The minimum absolute atomic E-state index is 0.125. The highest BCUT2D eigenvalue weighted by Gasteiger charge is 2.45. The highest BCUT2D eigenvalue weighted by Crippen LogP contribution is 2.40. The van der Waals surface area contributed by atoms with E-state index in [-0.39, 0.29) is 18.6 Å². The molecule has 0 unspecified atom stereocenters. The first kappa shape index (κ1) is 18.7. The topological polar surface area (TPSA) is 107 Å². The molecule has 4 heterocycles. The Kier molecular flexibility index (Phi) is 3.77. The lowest BCUT2D eigenvalue weighted by atomic mass is 9.86. The van der Waals surface area contributed by atoms with Crippen molar-refractivity contribution in [3.63, 3.8) is 0 Å². The van der Waals surface area contributed by atoms with Crippen LogP contribution in [-0.2, 0) is 47.7 Å². The summed E-state index contributed by atoms with van der Waals surface area (Å²) in [4.78, 5) is 30.6. The zero-order valence-electron chi connectivity index (χ0n) is 17.3. The number of cyclic esters (lactones) is 1. The number of fused-ring (bicyclic) bond motifs is 6. The Hall–Kier alpha value is -3.03. The van der Waals surface area contributed by atoms with E-state index in [9.17, 15) is 14.7 Å². The number of esters is 1. The zero-order valence-corrected chi connectivity index (χ0v) is 17.3. The number of carbonyl (C=O) groups excluding carboxylic acids is 1. The van der Waals surface area contributed by atoms with Crippen LogP contribution in [0.4, 0.5) is 0 Å². The number of hydrogen-bond acceptors (Lipinski definition) is 6. The second-order valence-corrected chi connectivity index (χ2v) is 8.72. The van der Waals surface area contributed by atoms with Gasteiger partial charge in [-0.1, -0.05) is 6.92 Å². The largest absolute Gasteiger partial charge is 0.458 e. The molecule has 0 amide bonds. The number of benzene rings is 1. The number of aryl methyl sites for hydroxylation is 2. The second-order valence-electron chi connectivity index (χ2n) is 8.72. The van der Waals surface area contributed by atoms with Gasteiger partial charge in [0.25, 0.3) is 5.56 Å². The summed E-state index contributed by atoms with van der Waals surface area (Å²) in [6.07, 6.45) is 3.40. The smallest absolute Gasteiger partial charge is 0.343 e. The van der Waals surface area contributed by atoms with Crippen LogP contribution in [0.3, 0.4) is 0 Å². The fourth-order valence-electron chi connectivity index (χ4n) is 5.46. The Bertz CT molecular complexity index is 1370. The first-order valence-corrected chi connectivity index (χ1v) is 10.8. The van der Waals surface area contributed by atoms with Gasteiger partial charge in [-0.05, 0) is 60.6 Å². The number of ether oxygens (including phenoxy) is 1. The Morgan fingerprint density at radius 3 is 2.71 bits per heavy atom. The molecule has 3 N–H and O–H groups in total. The molecule has 2 aromatic heterocycles. The van der Waals surface area contributed by atoms with E-state index in [2.05, 4.69) is 12.1 Å². The molecule has 7 heteroatoms. The van der Waals surface area contributed by atoms with Crippen LogP contribution in [0.15, 0.2) is 23.0 Å². The van der Waals surface area contributed by atoms with E-state index in [1.54, 1.807) is 17.6 Å². The van der Waals surface area contributed by atoms with Gasteiger partial charge in [-0.25, -0.2) is 9.78 Å². The van der Waals surface area contributed by atoms with Crippen molar-refractivity contribution in [3.8, 4) is 11.4 Å². The summed E-state index contributed by atoms with van der Waals surface area (Å²) < 4.78 is 6.81. The van der Waals surface area contributed by atoms with Crippen molar-refractivity contribution in [2.24, 2.45) is 5.73 Å². The Balaban J connectivity index is 1.65. The number of rotatable bonds is 2. The number of hydrogen-bond donors (Lipinski definition) is 2. The summed E-state index contributed by atoms with van der Waals surface area (Å²) >= 11 is 0. The van der Waals surface area contributed by atoms with Crippen LogP contribution in [0, 0.1) is 0 Å². The van der Waals surface area contributed by atoms with Crippen molar-refractivity contribution in [2.75, 3.05) is 0 Å². The van der Waals surface area contributed by atoms with Crippen molar-refractivity contribution in [1.82, 2.24) is 9.55 Å². The van der Waals surface area contributed by atoms with Gasteiger partial charge in [0, 0.05) is 23.1 Å². The minimum atomic E-state index is -1.82. The lowest BCUT2D eigenvalue weighted by Gasteiger charge is -2.31. The van der Waals surface area contributed by atoms with E-state index in [0.29, 0.717) is 35.6 Å². The molecular formula is C24H23N3O4. The second kappa shape index (κ2) is 6.24. The summed E-state index contributed by atoms with van der Waals surface area (Å²) in [7, 11) is 0. The van der Waals surface area contributed by atoms with Crippen molar-refractivity contribution in [3.05, 3.63) is 61.9 Å². The molecule has 0 saturated heterocycles. The van der Waals surface area contributed by atoms with Crippen LogP contribution in [0.2, 0.25) is 0 Å². The van der Waals surface area contributed by atoms with Gasteiger partial charge in [0.05, 0.1) is 29.0 Å². The highest BCUT2D eigenvalue weighted by atomic mass is 16.6. The van der Waals surface area contributed by atoms with Crippen LogP contribution < -0.4 is 11.3 Å². The van der Waals surface area contributed by atoms with Crippen LogP contribution in [0.1, 0.15) is 53.1 Å². The number of nitrogens with two attached hydrogens (primary N) is 1. The van der Waals surface area contributed by atoms with Gasteiger partial charge in [0.2, 0.25) is 0 Å². The number of nitrogens with zero attached hydrogens (tertiary/aromatic N) is 2. The predicted molar refractivity (Wildman–Crippen MR) is 114 cm³/mol. The number of aliphatic hydroxyl groups is 1. The highest BCUT2D eigenvalue weighted by molar-refractivity contribution is 5.90. The van der Waals surface area contributed by atoms with E-state index in [4.69, 9.17) is 15.5 Å². The lowest BCUT2D eigenvalue weighted by molar-refractivity contribution is -0.172. The minimum Gasteiger partial charge on any atom is -0.458 e. The monoisotopic (exact) mass is 417 g/mol. The lowest BCUT2D eigenvalue weighted by Crippen LogP contribution is -2.44. The maximum Gasteiger partial charge on any atom is 0.343 e. The van der Waals surface area contributed by atoms with Crippen LogP contribution in [0.5, 0.6) is 0 Å². The van der Waals surface area contributed by atoms with E-state index < -0.39 is 11.6 Å². The summed E-state index contributed by atoms with van der Waals surface area (Å²) in [5, 5.41) is 12.1. The standard InChI is InChI=1S/C24H23N3O4/c1-2-24(30)18-8-20-21-16(10-27(20)22(28)17(18)11-31-23(24)29)15(9-25)14-6-12-4-3-5-13(12)7-19(14)26-21/h6-8,30H,2-5,9-11,25H2,1H3/t24-/m0/s1. The third-order valence-electron chi connectivity index (χ3n) is 7.22. The van der Waals surface area contributed by atoms with Crippen LogP contribution in [-0.4, -0.2) is 20.6 Å². The summed E-state index contributed by atoms with van der Waals surface area (Å²) in [5.74, 6) is -0.713. The zero-order chi connectivity index (χ0) is 21.5. The summed E-state index contributed by atoms with van der Waals surface area (Å²) in [5.41, 5.74) is 11.6. The van der Waals surface area contributed by atoms with E-state index in [0.717, 1.165) is 41.3 Å². The molecule has 1 aromatic carbocycles. The van der Waals surface area contributed by atoms with Gasteiger partial charge in [-0.2, -0.15) is 0 Å². The van der Waals surface area contributed by atoms with Gasteiger partial charge in [-0.3, -0.25) is 4.79 Å². The average Bonchev–Trinajstić information content (AvgIpc) is 3.38. The summed E-state index contributed by atoms with van der Waals surface area (Å²) in [6.45, 7) is 2.30. The summed E-state index contributed by atoms with van der Waals surface area (Å²) in [6, 6.07) is 6.11. The Labute approximate surface area is 178 Å². The molecule has 3 aromatic rings. The van der Waals surface area contributed by atoms with Crippen molar-refractivity contribution >= 4 is 16.9 Å². The normalized spacial score (nSPS) is 20.9. The quantitative estimate of drug-likeness (QED) is 0.483. The molecule has 2 aliphatic heterocycles. The molecule has 0 fully saturated rings. The van der Waals surface area contributed by atoms with Gasteiger partial charge in [-0.15, -0.1) is 0 Å². The third kappa shape index (κ3) is 2.33. The Morgan fingerprint density at radius 1 is 1.19 bits per heavy atom. The van der Waals surface area contributed by atoms with Gasteiger partial charge < -0.3 is 20.1 Å². The molecule has 0 radical (unpaired) electrons. The molecule has 7 nitrogen and oxygen atoms in total.